The molecule has 1 atom stereocenters. The molecule has 0 saturated heterocycles. The van der Waals surface area contributed by atoms with Crippen molar-refractivity contribution in [1.82, 2.24) is 0 Å². The number of hydrogen-bond acceptors (Lipinski definition) is 2. The summed E-state index contributed by atoms with van der Waals surface area (Å²) in [6.07, 6.45) is -1.45. The van der Waals surface area contributed by atoms with Crippen molar-refractivity contribution in [2.75, 3.05) is 0 Å². The summed E-state index contributed by atoms with van der Waals surface area (Å²) in [7, 11) is 0. The minimum absolute atomic E-state index is 0.358. The smallest absolute Gasteiger partial charge is 0.405 e. The third kappa shape index (κ3) is 3.10. The van der Waals surface area contributed by atoms with Gasteiger partial charge in [-0.2, -0.15) is 0 Å². The van der Waals surface area contributed by atoms with E-state index in [9.17, 15) is 9.18 Å². The Balaban J connectivity index is 2.30. The highest BCUT2D eigenvalue weighted by Gasteiger charge is 2.12. The Labute approximate surface area is 110 Å². The SMILES string of the molecule is CC(OC(N)=O)c1ccc(-c2ccccc2)c(F)c1. The largest absolute Gasteiger partial charge is 0.442 e. The van der Waals surface area contributed by atoms with E-state index < -0.39 is 12.2 Å². The second kappa shape index (κ2) is 5.52. The highest BCUT2D eigenvalue weighted by Crippen LogP contribution is 2.26. The van der Waals surface area contributed by atoms with E-state index in [0.717, 1.165) is 5.56 Å². The van der Waals surface area contributed by atoms with E-state index in [0.29, 0.717) is 11.1 Å². The number of benzene rings is 2. The molecule has 2 rings (SSSR count). The van der Waals surface area contributed by atoms with Crippen molar-refractivity contribution in [3.63, 3.8) is 0 Å². The van der Waals surface area contributed by atoms with E-state index in [1.54, 1.807) is 19.1 Å². The zero-order chi connectivity index (χ0) is 13.8. The fraction of sp³-hybridized carbons (Fsp3) is 0.133. The molecule has 0 saturated carbocycles. The second-order valence-electron chi connectivity index (χ2n) is 4.18. The molecule has 0 aliphatic rings. The van der Waals surface area contributed by atoms with Gasteiger partial charge in [-0.25, -0.2) is 9.18 Å². The monoisotopic (exact) mass is 259 g/mol. The van der Waals surface area contributed by atoms with Gasteiger partial charge in [-0.3, -0.25) is 0 Å². The molecular weight excluding hydrogens is 245 g/mol. The van der Waals surface area contributed by atoms with Gasteiger partial charge in [0.15, 0.2) is 0 Å². The molecule has 2 aromatic carbocycles. The van der Waals surface area contributed by atoms with Gasteiger partial charge in [0.05, 0.1) is 0 Å². The predicted octanol–water partition coefficient (Wildman–Crippen LogP) is 3.65. The lowest BCUT2D eigenvalue weighted by Crippen LogP contribution is -2.15. The van der Waals surface area contributed by atoms with Crippen LogP contribution in [0.2, 0.25) is 0 Å². The van der Waals surface area contributed by atoms with Crippen LogP contribution in [0.15, 0.2) is 48.5 Å². The first-order valence-electron chi connectivity index (χ1n) is 5.89. The molecule has 3 nitrogen and oxygen atoms in total. The Morgan fingerprint density at radius 1 is 1.21 bits per heavy atom. The van der Waals surface area contributed by atoms with Crippen molar-refractivity contribution in [2.45, 2.75) is 13.0 Å². The van der Waals surface area contributed by atoms with Gasteiger partial charge >= 0.3 is 6.09 Å². The molecule has 0 aliphatic carbocycles. The molecule has 2 aromatic rings. The van der Waals surface area contributed by atoms with Crippen molar-refractivity contribution < 1.29 is 13.9 Å². The maximum atomic E-state index is 14.1. The minimum Gasteiger partial charge on any atom is -0.442 e. The van der Waals surface area contributed by atoms with Crippen LogP contribution in [-0.4, -0.2) is 6.09 Å². The topological polar surface area (TPSA) is 52.3 Å². The van der Waals surface area contributed by atoms with Crippen LogP contribution in [0.4, 0.5) is 9.18 Å². The molecule has 1 unspecified atom stereocenters. The van der Waals surface area contributed by atoms with Gasteiger partial charge in [-0.05, 0) is 24.1 Å². The van der Waals surface area contributed by atoms with E-state index >= 15 is 0 Å². The predicted molar refractivity (Wildman–Crippen MR) is 70.9 cm³/mol. The summed E-state index contributed by atoms with van der Waals surface area (Å²) < 4.78 is 18.9. The number of carbonyl (C=O) groups excluding carboxylic acids is 1. The first-order valence-corrected chi connectivity index (χ1v) is 5.89. The molecule has 2 N–H and O–H groups in total. The highest BCUT2D eigenvalue weighted by atomic mass is 19.1. The molecule has 98 valence electrons. The van der Waals surface area contributed by atoms with Gasteiger partial charge in [-0.15, -0.1) is 0 Å². The molecule has 19 heavy (non-hydrogen) atoms. The van der Waals surface area contributed by atoms with E-state index in [1.165, 1.54) is 6.07 Å². The normalized spacial score (nSPS) is 11.9. The maximum Gasteiger partial charge on any atom is 0.405 e. The van der Waals surface area contributed by atoms with Gasteiger partial charge in [0.1, 0.15) is 11.9 Å². The first kappa shape index (κ1) is 13.1. The van der Waals surface area contributed by atoms with Crippen molar-refractivity contribution in [2.24, 2.45) is 5.73 Å². The van der Waals surface area contributed by atoms with Crippen LogP contribution in [0, 0.1) is 5.82 Å². The number of hydrogen-bond donors (Lipinski definition) is 1. The van der Waals surface area contributed by atoms with Crippen molar-refractivity contribution in [1.29, 1.82) is 0 Å². The quantitative estimate of drug-likeness (QED) is 0.914. The molecule has 0 aromatic heterocycles. The van der Waals surface area contributed by atoms with Crippen molar-refractivity contribution in [3.05, 3.63) is 59.9 Å². The molecule has 0 fully saturated rings. The second-order valence-corrected chi connectivity index (χ2v) is 4.18. The number of amides is 1. The summed E-state index contributed by atoms with van der Waals surface area (Å²) in [5.41, 5.74) is 6.81. The molecule has 0 heterocycles. The number of carbonyl (C=O) groups is 1. The highest BCUT2D eigenvalue weighted by molar-refractivity contribution is 5.66. The van der Waals surface area contributed by atoms with E-state index in [-0.39, 0.29) is 5.82 Å². The van der Waals surface area contributed by atoms with Gasteiger partial charge in [-0.1, -0.05) is 42.5 Å². The maximum absolute atomic E-state index is 14.1. The lowest BCUT2D eigenvalue weighted by atomic mass is 10.0. The molecule has 0 spiro atoms. The standard InChI is InChI=1S/C15H14FNO2/c1-10(19-15(17)18)12-7-8-13(14(16)9-12)11-5-3-2-4-6-11/h2-10H,1H3,(H2,17,18). The van der Waals surface area contributed by atoms with Crippen LogP contribution in [-0.2, 0) is 4.74 Å². The van der Waals surface area contributed by atoms with Crippen LogP contribution >= 0.6 is 0 Å². The molecular formula is C15H14FNO2. The third-order valence-electron chi connectivity index (χ3n) is 2.84. The van der Waals surface area contributed by atoms with E-state index in [1.807, 2.05) is 30.3 Å². The number of ether oxygens (including phenoxy) is 1. The minimum atomic E-state index is -0.875. The average Bonchev–Trinajstić information content (AvgIpc) is 2.38. The van der Waals surface area contributed by atoms with Crippen LogP contribution in [0.5, 0.6) is 0 Å². The van der Waals surface area contributed by atoms with E-state index in [4.69, 9.17) is 10.5 Å². The molecule has 0 aliphatic heterocycles. The van der Waals surface area contributed by atoms with Gasteiger partial charge in [0.2, 0.25) is 0 Å². The Morgan fingerprint density at radius 2 is 1.89 bits per heavy atom. The zero-order valence-electron chi connectivity index (χ0n) is 10.5. The fourth-order valence-electron chi connectivity index (χ4n) is 1.88. The summed E-state index contributed by atoms with van der Waals surface area (Å²) in [5.74, 6) is -0.358. The Bertz CT molecular complexity index is 584. The average molecular weight is 259 g/mol. The lowest BCUT2D eigenvalue weighted by Gasteiger charge is -2.13. The van der Waals surface area contributed by atoms with Crippen LogP contribution in [0.1, 0.15) is 18.6 Å². The van der Waals surface area contributed by atoms with Crippen molar-refractivity contribution >= 4 is 6.09 Å². The lowest BCUT2D eigenvalue weighted by molar-refractivity contribution is 0.116. The molecule has 1 amide bonds. The summed E-state index contributed by atoms with van der Waals surface area (Å²) in [4.78, 5) is 10.7. The number of nitrogens with two attached hydrogens (primary N) is 1. The third-order valence-corrected chi connectivity index (χ3v) is 2.84. The van der Waals surface area contributed by atoms with Gasteiger partial charge in [0.25, 0.3) is 0 Å². The van der Waals surface area contributed by atoms with Crippen LogP contribution in [0.25, 0.3) is 11.1 Å². The summed E-state index contributed by atoms with van der Waals surface area (Å²) in [5, 5.41) is 0. The molecule has 4 heteroatoms. The van der Waals surface area contributed by atoms with Gasteiger partial charge < -0.3 is 10.5 Å². The van der Waals surface area contributed by atoms with Crippen LogP contribution in [0.3, 0.4) is 0 Å². The number of rotatable bonds is 3. The van der Waals surface area contributed by atoms with Gasteiger partial charge in [0, 0.05) is 5.56 Å². The van der Waals surface area contributed by atoms with E-state index in [2.05, 4.69) is 0 Å². The summed E-state index contributed by atoms with van der Waals surface area (Å²) in [6, 6.07) is 14.0. The number of halogens is 1. The Hall–Kier alpha value is -2.36. The number of primary amides is 1. The molecule has 0 radical (unpaired) electrons. The summed E-state index contributed by atoms with van der Waals surface area (Å²) >= 11 is 0. The van der Waals surface area contributed by atoms with Crippen molar-refractivity contribution in [3.8, 4) is 11.1 Å². The zero-order valence-corrected chi connectivity index (χ0v) is 10.5. The Morgan fingerprint density at radius 3 is 2.47 bits per heavy atom. The Kier molecular flexibility index (Phi) is 3.80. The van der Waals surface area contributed by atoms with Crippen LogP contribution < -0.4 is 5.73 Å². The molecule has 0 bridgehead atoms. The first-order chi connectivity index (χ1) is 9.08. The fourth-order valence-corrected chi connectivity index (χ4v) is 1.88. The summed E-state index contributed by atoms with van der Waals surface area (Å²) in [6.45, 7) is 1.64.